The van der Waals surface area contributed by atoms with Crippen molar-refractivity contribution in [3.8, 4) is 0 Å². The number of pyridine rings is 1. The van der Waals surface area contributed by atoms with Gasteiger partial charge in [0.05, 0.1) is 6.61 Å². The van der Waals surface area contributed by atoms with E-state index in [1.165, 1.54) is 12.8 Å². The Morgan fingerprint density at radius 1 is 1.18 bits per heavy atom. The maximum Gasteiger partial charge on any atom is 0.128 e. The van der Waals surface area contributed by atoms with Gasteiger partial charge in [-0.2, -0.15) is 0 Å². The molecular weight excluding hydrogens is 214 g/mol. The van der Waals surface area contributed by atoms with Crippen LogP contribution in [0.2, 0.25) is 0 Å². The molecule has 1 saturated carbocycles. The fourth-order valence-electron chi connectivity index (χ4n) is 2.45. The van der Waals surface area contributed by atoms with Crippen molar-refractivity contribution >= 4 is 5.82 Å². The topological polar surface area (TPSA) is 39.6 Å². The van der Waals surface area contributed by atoms with Gasteiger partial charge in [0, 0.05) is 38.4 Å². The summed E-state index contributed by atoms with van der Waals surface area (Å²) < 4.78 is 0. The van der Waals surface area contributed by atoms with Crippen molar-refractivity contribution in [3.63, 3.8) is 0 Å². The minimum Gasteiger partial charge on any atom is -0.392 e. The molecular formula is C13H19N3O. The summed E-state index contributed by atoms with van der Waals surface area (Å²) in [7, 11) is 0. The van der Waals surface area contributed by atoms with Gasteiger partial charge < -0.3 is 10.0 Å². The number of anilines is 1. The molecule has 0 atom stereocenters. The molecule has 17 heavy (non-hydrogen) atoms. The van der Waals surface area contributed by atoms with E-state index in [1.54, 1.807) is 6.20 Å². The Hall–Kier alpha value is -1.13. The monoisotopic (exact) mass is 233 g/mol. The Kier molecular flexibility index (Phi) is 2.99. The van der Waals surface area contributed by atoms with Gasteiger partial charge in [-0.05, 0) is 24.5 Å². The van der Waals surface area contributed by atoms with Crippen LogP contribution in [0.3, 0.4) is 0 Å². The van der Waals surface area contributed by atoms with Gasteiger partial charge in [-0.1, -0.05) is 6.07 Å². The van der Waals surface area contributed by atoms with Crippen LogP contribution in [0.25, 0.3) is 0 Å². The smallest absolute Gasteiger partial charge is 0.128 e. The van der Waals surface area contributed by atoms with Crippen LogP contribution in [-0.2, 0) is 6.61 Å². The largest absolute Gasteiger partial charge is 0.392 e. The quantitative estimate of drug-likeness (QED) is 0.840. The van der Waals surface area contributed by atoms with Crippen molar-refractivity contribution in [2.75, 3.05) is 31.1 Å². The number of hydrogen-bond acceptors (Lipinski definition) is 4. The Balaban J connectivity index is 1.60. The van der Waals surface area contributed by atoms with Gasteiger partial charge >= 0.3 is 0 Å². The van der Waals surface area contributed by atoms with E-state index in [0.29, 0.717) is 0 Å². The first-order chi connectivity index (χ1) is 8.36. The zero-order chi connectivity index (χ0) is 11.7. The SMILES string of the molecule is OCc1ccc(N2CCN(C3CC3)CC2)nc1. The fraction of sp³-hybridized carbons (Fsp3) is 0.615. The molecule has 1 aromatic heterocycles. The zero-order valence-electron chi connectivity index (χ0n) is 10.0. The van der Waals surface area contributed by atoms with E-state index in [2.05, 4.69) is 14.8 Å². The molecule has 2 aliphatic rings. The average molecular weight is 233 g/mol. The van der Waals surface area contributed by atoms with Gasteiger partial charge in [0.1, 0.15) is 5.82 Å². The second-order valence-corrected chi connectivity index (χ2v) is 4.94. The predicted octanol–water partition coefficient (Wildman–Crippen LogP) is 0.858. The molecule has 0 aromatic carbocycles. The molecule has 0 bridgehead atoms. The molecule has 92 valence electrons. The second kappa shape index (κ2) is 4.63. The minimum absolute atomic E-state index is 0.0722. The van der Waals surface area contributed by atoms with E-state index in [1.807, 2.05) is 12.1 Å². The highest BCUT2D eigenvalue weighted by molar-refractivity contribution is 5.39. The highest BCUT2D eigenvalue weighted by atomic mass is 16.3. The first kappa shape index (κ1) is 11.0. The van der Waals surface area contributed by atoms with Crippen LogP contribution in [0.15, 0.2) is 18.3 Å². The lowest BCUT2D eigenvalue weighted by atomic mass is 10.2. The molecule has 1 aliphatic heterocycles. The first-order valence-electron chi connectivity index (χ1n) is 6.41. The third kappa shape index (κ3) is 2.42. The summed E-state index contributed by atoms with van der Waals surface area (Å²) in [5.41, 5.74) is 0.880. The predicted molar refractivity (Wildman–Crippen MR) is 67.0 cm³/mol. The normalized spacial score (nSPS) is 21.8. The van der Waals surface area contributed by atoms with Crippen LogP contribution in [0.4, 0.5) is 5.82 Å². The number of nitrogens with zero attached hydrogens (tertiary/aromatic N) is 3. The molecule has 1 N–H and O–H groups in total. The molecule has 0 spiro atoms. The van der Waals surface area contributed by atoms with Crippen molar-refractivity contribution in [1.29, 1.82) is 0 Å². The van der Waals surface area contributed by atoms with Crippen LogP contribution in [0.5, 0.6) is 0 Å². The standard InChI is InChI=1S/C13H19N3O/c17-10-11-1-4-13(14-9-11)16-7-5-15(6-8-16)12-2-3-12/h1,4,9,12,17H,2-3,5-8,10H2. The molecule has 1 aliphatic carbocycles. The molecule has 0 unspecified atom stereocenters. The van der Waals surface area contributed by atoms with Crippen molar-refractivity contribution in [1.82, 2.24) is 9.88 Å². The van der Waals surface area contributed by atoms with E-state index in [0.717, 1.165) is 43.6 Å². The molecule has 3 rings (SSSR count). The zero-order valence-corrected chi connectivity index (χ0v) is 10.0. The highest BCUT2D eigenvalue weighted by Gasteiger charge is 2.31. The number of rotatable bonds is 3. The Morgan fingerprint density at radius 2 is 1.94 bits per heavy atom. The van der Waals surface area contributed by atoms with E-state index in [4.69, 9.17) is 5.11 Å². The lowest BCUT2D eigenvalue weighted by Crippen LogP contribution is -2.47. The molecule has 0 amide bonds. The summed E-state index contributed by atoms with van der Waals surface area (Å²) >= 11 is 0. The number of aliphatic hydroxyl groups excluding tert-OH is 1. The van der Waals surface area contributed by atoms with Gasteiger partial charge in [-0.15, -0.1) is 0 Å². The molecule has 1 aromatic rings. The third-order valence-electron chi connectivity index (χ3n) is 3.69. The summed E-state index contributed by atoms with van der Waals surface area (Å²) in [6, 6.07) is 4.84. The Morgan fingerprint density at radius 3 is 2.47 bits per heavy atom. The maximum absolute atomic E-state index is 8.98. The van der Waals surface area contributed by atoms with Crippen molar-refractivity contribution in [2.45, 2.75) is 25.5 Å². The summed E-state index contributed by atoms with van der Waals surface area (Å²) in [4.78, 5) is 9.34. The summed E-state index contributed by atoms with van der Waals surface area (Å²) in [5, 5.41) is 8.98. The number of hydrogen-bond donors (Lipinski definition) is 1. The molecule has 4 nitrogen and oxygen atoms in total. The van der Waals surface area contributed by atoms with E-state index in [9.17, 15) is 0 Å². The van der Waals surface area contributed by atoms with Crippen molar-refractivity contribution in [2.24, 2.45) is 0 Å². The number of piperazine rings is 1. The van der Waals surface area contributed by atoms with Crippen LogP contribution in [0.1, 0.15) is 18.4 Å². The Labute approximate surface area is 102 Å². The van der Waals surface area contributed by atoms with Gasteiger partial charge in [0.15, 0.2) is 0 Å². The highest BCUT2D eigenvalue weighted by Crippen LogP contribution is 2.28. The van der Waals surface area contributed by atoms with Crippen LogP contribution >= 0.6 is 0 Å². The second-order valence-electron chi connectivity index (χ2n) is 4.94. The van der Waals surface area contributed by atoms with Crippen LogP contribution in [0, 0.1) is 0 Å². The molecule has 0 radical (unpaired) electrons. The van der Waals surface area contributed by atoms with Gasteiger partial charge in [0.25, 0.3) is 0 Å². The van der Waals surface area contributed by atoms with Gasteiger partial charge in [-0.25, -0.2) is 4.98 Å². The minimum atomic E-state index is 0.0722. The third-order valence-corrected chi connectivity index (χ3v) is 3.69. The van der Waals surface area contributed by atoms with E-state index < -0.39 is 0 Å². The summed E-state index contributed by atoms with van der Waals surface area (Å²) in [6.45, 7) is 4.54. The average Bonchev–Trinajstić information content (AvgIpc) is 3.24. The van der Waals surface area contributed by atoms with Crippen molar-refractivity contribution in [3.05, 3.63) is 23.9 Å². The maximum atomic E-state index is 8.98. The lowest BCUT2D eigenvalue weighted by Gasteiger charge is -2.35. The van der Waals surface area contributed by atoms with Crippen molar-refractivity contribution < 1.29 is 5.11 Å². The fourth-order valence-corrected chi connectivity index (χ4v) is 2.45. The molecule has 1 saturated heterocycles. The van der Waals surface area contributed by atoms with Gasteiger partial charge in [-0.3, -0.25) is 4.90 Å². The van der Waals surface area contributed by atoms with Crippen LogP contribution < -0.4 is 4.90 Å². The summed E-state index contributed by atoms with van der Waals surface area (Å²) in [6.07, 6.45) is 4.55. The summed E-state index contributed by atoms with van der Waals surface area (Å²) in [5.74, 6) is 1.04. The van der Waals surface area contributed by atoms with E-state index >= 15 is 0 Å². The Bertz CT molecular complexity index is 367. The molecule has 2 fully saturated rings. The molecule has 2 heterocycles. The molecule has 4 heteroatoms. The van der Waals surface area contributed by atoms with E-state index in [-0.39, 0.29) is 6.61 Å². The number of aromatic nitrogens is 1. The van der Waals surface area contributed by atoms with Gasteiger partial charge in [0.2, 0.25) is 0 Å². The van der Waals surface area contributed by atoms with Crippen LogP contribution in [-0.4, -0.2) is 47.2 Å². The lowest BCUT2D eigenvalue weighted by molar-refractivity contribution is 0.247. The first-order valence-corrected chi connectivity index (χ1v) is 6.41. The number of aliphatic hydroxyl groups is 1.